The maximum atomic E-state index is 12.3. The molecule has 2 atom stereocenters. The van der Waals surface area contributed by atoms with Gasteiger partial charge >= 0.3 is 0 Å². The molecular weight excluding hydrogens is 360 g/mol. The fourth-order valence-corrected chi connectivity index (χ4v) is 6.56. The van der Waals surface area contributed by atoms with Gasteiger partial charge in [0.2, 0.25) is 5.91 Å². The summed E-state index contributed by atoms with van der Waals surface area (Å²) in [6, 6.07) is 0. The Bertz CT molecular complexity index is 592. The largest absolute Gasteiger partial charge is 0.379 e. The van der Waals surface area contributed by atoms with E-state index in [1.807, 2.05) is 0 Å². The first-order valence-corrected chi connectivity index (χ1v) is 12.1. The van der Waals surface area contributed by atoms with Gasteiger partial charge in [0.15, 0.2) is 0 Å². The first-order valence-electron chi connectivity index (χ1n) is 12.1. The van der Waals surface area contributed by atoms with E-state index in [1.165, 1.54) is 32.1 Å². The number of hydrogen-bond acceptors (Lipinski definition) is 3. The molecule has 1 saturated heterocycles. The van der Waals surface area contributed by atoms with Gasteiger partial charge in [-0.3, -0.25) is 9.69 Å². The molecule has 166 valence electrons. The van der Waals surface area contributed by atoms with Gasteiger partial charge in [-0.1, -0.05) is 38.3 Å². The highest BCUT2D eigenvalue weighted by Gasteiger charge is 2.49. The molecule has 2 aliphatic carbocycles. The van der Waals surface area contributed by atoms with E-state index in [4.69, 9.17) is 4.74 Å². The molecule has 0 aromatic rings. The maximum Gasteiger partial charge on any atom is 0.220 e. The van der Waals surface area contributed by atoms with Crippen molar-refractivity contribution in [1.82, 2.24) is 10.2 Å². The fraction of sp³-hybridized carbons (Fsp3) is 0.880. The van der Waals surface area contributed by atoms with Crippen LogP contribution in [0.2, 0.25) is 0 Å². The second-order valence-corrected chi connectivity index (χ2v) is 10.6. The number of hydrogen-bond donors (Lipinski definition) is 1. The van der Waals surface area contributed by atoms with Gasteiger partial charge in [0.25, 0.3) is 0 Å². The highest BCUT2D eigenvalue weighted by Crippen LogP contribution is 2.60. The van der Waals surface area contributed by atoms with E-state index in [2.05, 4.69) is 37.9 Å². The van der Waals surface area contributed by atoms with Crippen LogP contribution in [0.25, 0.3) is 0 Å². The molecule has 1 amide bonds. The SMILES string of the molecule is CC1=C(CCCC(=O)NCCCN2CCOCC2)[C@@]2(C)CCCC(C)(C)[C@@H]2CC1. The minimum Gasteiger partial charge on any atom is -0.379 e. The van der Waals surface area contributed by atoms with E-state index < -0.39 is 0 Å². The van der Waals surface area contributed by atoms with Crippen LogP contribution in [0.1, 0.15) is 85.5 Å². The number of carbonyl (C=O) groups is 1. The van der Waals surface area contributed by atoms with Crippen LogP contribution in [0.4, 0.5) is 0 Å². The van der Waals surface area contributed by atoms with E-state index in [1.54, 1.807) is 11.1 Å². The quantitative estimate of drug-likeness (QED) is 0.460. The third-order valence-electron chi connectivity index (χ3n) is 8.15. The lowest BCUT2D eigenvalue weighted by molar-refractivity contribution is -0.121. The van der Waals surface area contributed by atoms with Crippen LogP contribution in [0, 0.1) is 16.7 Å². The van der Waals surface area contributed by atoms with Gasteiger partial charge in [0.05, 0.1) is 13.2 Å². The molecule has 0 aromatic carbocycles. The summed E-state index contributed by atoms with van der Waals surface area (Å²) >= 11 is 0. The zero-order valence-electron chi connectivity index (χ0n) is 19.4. The Morgan fingerprint density at radius 1 is 1.17 bits per heavy atom. The second-order valence-electron chi connectivity index (χ2n) is 10.6. The third kappa shape index (κ3) is 5.64. The van der Waals surface area contributed by atoms with E-state index in [-0.39, 0.29) is 5.91 Å². The normalized spacial score (nSPS) is 30.1. The molecule has 0 spiro atoms. The minimum atomic E-state index is 0.228. The van der Waals surface area contributed by atoms with E-state index in [9.17, 15) is 4.79 Å². The Labute approximate surface area is 178 Å². The van der Waals surface area contributed by atoms with Crippen molar-refractivity contribution in [3.05, 3.63) is 11.1 Å². The van der Waals surface area contributed by atoms with Crippen LogP contribution >= 0.6 is 0 Å². The number of carbonyl (C=O) groups excluding carboxylic acids is 1. The van der Waals surface area contributed by atoms with Crippen LogP contribution in [0.15, 0.2) is 11.1 Å². The van der Waals surface area contributed by atoms with Crippen LogP contribution in [-0.2, 0) is 9.53 Å². The zero-order chi connectivity index (χ0) is 20.9. The first kappa shape index (κ1) is 22.8. The number of allylic oxidation sites excluding steroid dienone is 2. The predicted molar refractivity (Wildman–Crippen MR) is 120 cm³/mol. The van der Waals surface area contributed by atoms with Gasteiger partial charge in [-0.05, 0) is 75.2 Å². The van der Waals surface area contributed by atoms with Crippen molar-refractivity contribution >= 4 is 5.91 Å². The topological polar surface area (TPSA) is 41.6 Å². The Balaban J connectivity index is 1.41. The molecule has 0 aromatic heterocycles. The molecule has 1 N–H and O–H groups in total. The van der Waals surface area contributed by atoms with E-state index >= 15 is 0 Å². The minimum absolute atomic E-state index is 0.228. The average Bonchev–Trinajstić information content (AvgIpc) is 2.67. The Kier molecular flexibility index (Phi) is 7.83. The molecule has 0 unspecified atom stereocenters. The van der Waals surface area contributed by atoms with Gasteiger partial charge in [-0.2, -0.15) is 0 Å². The summed E-state index contributed by atoms with van der Waals surface area (Å²) in [5, 5.41) is 3.14. The number of rotatable bonds is 8. The van der Waals surface area contributed by atoms with Gasteiger partial charge in [-0.15, -0.1) is 0 Å². The number of morpholine rings is 1. The van der Waals surface area contributed by atoms with Crippen LogP contribution in [-0.4, -0.2) is 50.2 Å². The molecule has 3 aliphatic rings. The molecule has 0 radical (unpaired) electrons. The lowest BCUT2D eigenvalue weighted by Gasteiger charge is -2.55. The Morgan fingerprint density at radius 3 is 2.69 bits per heavy atom. The van der Waals surface area contributed by atoms with Gasteiger partial charge in [0.1, 0.15) is 0 Å². The number of ether oxygens (including phenoxy) is 1. The molecule has 4 nitrogen and oxygen atoms in total. The molecule has 2 fully saturated rings. The number of amides is 1. The smallest absolute Gasteiger partial charge is 0.220 e. The summed E-state index contributed by atoms with van der Waals surface area (Å²) < 4.78 is 5.38. The summed E-state index contributed by atoms with van der Waals surface area (Å²) in [5.74, 6) is 1.03. The number of nitrogens with one attached hydrogen (secondary N) is 1. The standard InChI is InChI=1S/C25H44N2O2/c1-20-10-11-22-24(2,3)12-6-13-25(22,4)21(20)8-5-9-23(28)26-14-7-15-27-16-18-29-19-17-27/h22H,5-19H2,1-4H3,(H,26,28)/t22-,25+/m0/s1. The maximum absolute atomic E-state index is 12.3. The van der Waals surface area contributed by atoms with Crippen molar-refractivity contribution in [2.75, 3.05) is 39.4 Å². The molecular formula is C25H44N2O2. The third-order valence-corrected chi connectivity index (χ3v) is 8.15. The van der Waals surface area contributed by atoms with Crippen molar-refractivity contribution in [3.63, 3.8) is 0 Å². The summed E-state index contributed by atoms with van der Waals surface area (Å²) in [4.78, 5) is 14.7. The van der Waals surface area contributed by atoms with Gasteiger partial charge < -0.3 is 10.1 Å². The van der Waals surface area contributed by atoms with Crippen molar-refractivity contribution < 1.29 is 9.53 Å². The van der Waals surface area contributed by atoms with Crippen LogP contribution in [0.3, 0.4) is 0 Å². The van der Waals surface area contributed by atoms with Crippen LogP contribution in [0.5, 0.6) is 0 Å². The summed E-state index contributed by atoms with van der Waals surface area (Å²) in [7, 11) is 0. The molecule has 29 heavy (non-hydrogen) atoms. The molecule has 0 bridgehead atoms. The van der Waals surface area contributed by atoms with Gasteiger partial charge in [0, 0.05) is 26.1 Å². The predicted octanol–water partition coefficient (Wildman–Crippen LogP) is 4.94. The molecule has 3 rings (SSSR count). The van der Waals surface area contributed by atoms with Crippen LogP contribution < -0.4 is 5.32 Å². The van der Waals surface area contributed by atoms with E-state index in [0.29, 0.717) is 17.3 Å². The Morgan fingerprint density at radius 2 is 1.93 bits per heavy atom. The highest BCUT2D eigenvalue weighted by molar-refractivity contribution is 5.75. The van der Waals surface area contributed by atoms with Crippen molar-refractivity contribution in [2.24, 2.45) is 16.7 Å². The Hall–Kier alpha value is -0.870. The first-order chi connectivity index (χ1) is 13.8. The average molecular weight is 405 g/mol. The molecule has 4 heteroatoms. The van der Waals surface area contributed by atoms with Crippen molar-refractivity contribution in [2.45, 2.75) is 85.5 Å². The van der Waals surface area contributed by atoms with Gasteiger partial charge in [-0.25, -0.2) is 0 Å². The monoisotopic (exact) mass is 404 g/mol. The molecule has 1 aliphatic heterocycles. The lowest BCUT2D eigenvalue weighted by atomic mass is 9.50. The summed E-state index contributed by atoms with van der Waals surface area (Å²) in [5.41, 5.74) is 4.13. The highest BCUT2D eigenvalue weighted by atomic mass is 16.5. The fourth-order valence-electron chi connectivity index (χ4n) is 6.56. The lowest BCUT2D eigenvalue weighted by Crippen LogP contribution is -2.45. The molecule has 1 heterocycles. The summed E-state index contributed by atoms with van der Waals surface area (Å²) in [6.07, 6.45) is 10.5. The number of fused-ring (bicyclic) bond motifs is 1. The summed E-state index contributed by atoms with van der Waals surface area (Å²) in [6.45, 7) is 15.5. The van der Waals surface area contributed by atoms with Crippen molar-refractivity contribution in [1.29, 1.82) is 0 Å². The van der Waals surface area contributed by atoms with Crippen molar-refractivity contribution in [3.8, 4) is 0 Å². The molecule has 1 saturated carbocycles. The second kappa shape index (κ2) is 9.96. The van der Waals surface area contributed by atoms with E-state index in [0.717, 1.165) is 64.6 Å². The zero-order valence-corrected chi connectivity index (χ0v) is 19.4. The number of nitrogens with zero attached hydrogens (tertiary/aromatic N) is 1.